The smallest absolute Gasteiger partial charge is 0.328 e. The molecule has 1 aromatic carbocycles. The number of fused-ring (bicyclic) bond motifs is 1. The zero-order valence-electron chi connectivity index (χ0n) is 15.3. The van der Waals surface area contributed by atoms with Gasteiger partial charge in [0.05, 0.1) is 5.69 Å². The summed E-state index contributed by atoms with van der Waals surface area (Å²) in [6, 6.07) is 5.36. The number of amides is 1. The fourth-order valence-electron chi connectivity index (χ4n) is 3.21. The molecule has 0 atom stereocenters. The maximum atomic E-state index is 12.4. The van der Waals surface area contributed by atoms with Crippen LogP contribution < -0.4 is 15.9 Å². The highest BCUT2D eigenvalue weighted by Gasteiger charge is 2.24. The number of anilines is 1. The van der Waals surface area contributed by atoms with Crippen molar-refractivity contribution in [2.24, 2.45) is 0 Å². The lowest BCUT2D eigenvalue weighted by Gasteiger charge is -2.27. The number of halogens is 2. The summed E-state index contributed by atoms with van der Waals surface area (Å²) in [4.78, 5) is 29.3. The molecule has 0 saturated heterocycles. The van der Waals surface area contributed by atoms with E-state index in [-0.39, 0.29) is 18.1 Å². The molecule has 0 spiro atoms. The van der Waals surface area contributed by atoms with E-state index in [9.17, 15) is 9.59 Å². The molecule has 2 N–H and O–H groups in total. The van der Waals surface area contributed by atoms with Crippen molar-refractivity contribution in [1.29, 1.82) is 0 Å². The number of rotatable bonds is 6. The van der Waals surface area contributed by atoms with E-state index in [1.165, 1.54) is 4.57 Å². The summed E-state index contributed by atoms with van der Waals surface area (Å²) >= 11 is 12.2. The fraction of sp³-hybridized carbons (Fsp3) is 0.368. The molecule has 0 radical (unpaired) electrons. The lowest BCUT2D eigenvalue weighted by Crippen LogP contribution is -2.34. The van der Waals surface area contributed by atoms with Crippen LogP contribution in [0.15, 0.2) is 23.0 Å². The third kappa shape index (κ3) is 4.39. The van der Waals surface area contributed by atoms with Crippen LogP contribution in [-0.4, -0.2) is 35.6 Å². The van der Waals surface area contributed by atoms with E-state index >= 15 is 0 Å². The first-order valence-corrected chi connectivity index (χ1v) is 9.62. The van der Waals surface area contributed by atoms with Crippen molar-refractivity contribution < 1.29 is 4.79 Å². The fourth-order valence-corrected chi connectivity index (χ4v) is 3.73. The number of benzene rings is 1. The standard InChI is InChI=1S/C19H22Cl2N4O2/c1-3-4-5-22-17(26)11-25-18-16(23-19(25)27)8-13(10-24(18)2)12-6-14(20)9-15(21)7-12/h6-9H,3-5,10-11H2,1-2H3,(H,22,26)(H,23,27). The number of imidazole rings is 1. The molecule has 2 aromatic rings. The highest BCUT2D eigenvalue weighted by atomic mass is 35.5. The molecular formula is C19H22Cl2N4O2. The molecule has 8 heteroatoms. The van der Waals surface area contributed by atoms with Gasteiger partial charge < -0.3 is 15.2 Å². The molecule has 1 aliphatic heterocycles. The SMILES string of the molecule is CCCCNC(=O)Cn1c2c([nH]c1=O)C=C(c1cc(Cl)cc(Cl)c1)CN2C. The molecule has 1 aliphatic rings. The normalized spacial score (nSPS) is 13.3. The molecular weight excluding hydrogens is 387 g/mol. The van der Waals surface area contributed by atoms with Gasteiger partial charge in [0.2, 0.25) is 5.91 Å². The van der Waals surface area contributed by atoms with Gasteiger partial charge in [0.15, 0.2) is 0 Å². The molecule has 3 rings (SSSR count). The Hall–Kier alpha value is -2.18. The third-order valence-electron chi connectivity index (χ3n) is 4.46. The molecule has 144 valence electrons. The summed E-state index contributed by atoms with van der Waals surface area (Å²) in [7, 11) is 1.89. The van der Waals surface area contributed by atoms with E-state index in [4.69, 9.17) is 23.2 Å². The summed E-state index contributed by atoms with van der Waals surface area (Å²) in [6.07, 6.45) is 3.83. The summed E-state index contributed by atoms with van der Waals surface area (Å²) in [6.45, 7) is 3.24. The molecule has 6 nitrogen and oxygen atoms in total. The van der Waals surface area contributed by atoms with E-state index < -0.39 is 0 Å². The van der Waals surface area contributed by atoms with Crippen LogP contribution in [0.2, 0.25) is 10.0 Å². The second-order valence-electron chi connectivity index (χ2n) is 6.64. The van der Waals surface area contributed by atoms with E-state index in [1.54, 1.807) is 6.07 Å². The Kier molecular flexibility index (Phi) is 5.97. The zero-order valence-corrected chi connectivity index (χ0v) is 16.8. The van der Waals surface area contributed by atoms with Crippen LogP contribution >= 0.6 is 23.2 Å². The highest BCUT2D eigenvalue weighted by Crippen LogP contribution is 2.32. The maximum Gasteiger partial charge on any atom is 0.328 e. The molecule has 1 aromatic heterocycles. The van der Waals surface area contributed by atoms with Crippen LogP contribution in [0.5, 0.6) is 0 Å². The average Bonchev–Trinajstić information content (AvgIpc) is 2.90. The number of aromatic amines is 1. The second-order valence-corrected chi connectivity index (χ2v) is 7.51. The first-order valence-electron chi connectivity index (χ1n) is 8.86. The third-order valence-corrected chi connectivity index (χ3v) is 4.89. The van der Waals surface area contributed by atoms with Gasteiger partial charge in [-0.2, -0.15) is 0 Å². The number of carbonyl (C=O) groups is 1. The molecule has 1 amide bonds. The number of hydrogen-bond acceptors (Lipinski definition) is 3. The van der Waals surface area contributed by atoms with Gasteiger partial charge in [-0.3, -0.25) is 9.36 Å². The molecule has 2 heterocycles. The van der Waals surface area contributed by atoms with Crippen molar-refractivity contribution in [2.75, 3.05) is 25.0 Å². The van der Waals surface area contributed by atoms with E-state index in [1.807, 2.05) is 30.2 Å². The number of nitrogens with zero attached hydrogens (tertiary/aromatic N) is 2. The van der Waals surface area contributed by atoms with Crippen molar-refractivity contribution >= 4 is 46.6 Å². The Labute approximate surface area is 167 Å². The first-order chi connectivity index (χ1) is 12.9. The van der Waals surface area contributed by atoms with Gasteiger partial charge in [-0.25, -0.2) is 4.79 Å². The zero-order chi connectivity index (χ0) is 19.6. The number of likely N-dealkylation sites (N-methyl/N-ethyl adjacent to an activating group) is 1. The molecule has 0 aliphatic carbocycles. The van der Waals surface area contributed by atoms with Crippen molar-refractivity contribution in [2.45, 2.75) is 26.3 Å². The topological polar surface area (TPSA) is 70.1 Å². The Morgan fingerprint density at radius 1 is 1.26 bits per heavy atom. The van der Waals surface area contributed by atoms with Crippen molar-refractivity contribution in [3.8, 4) is 0 Å². The largest absolute Gasteiger partial charge is 0.355 e. The van der Waals surface area contributed by atoms with Gasteiger partial charge in [0, 0.05) is 30.2 Å². The number of H-pyrrole nitrogens is 1. The maximum absolute atomic E-state index is 12.4. The Balaban J connectivity index is 1.90. The summed E-state index contributed by atoms with van der Waals surface area (Å²) in [5.74, 6) is 0.527. The Morgan fingerprint density at radius 3 is 2.63 bits per heavy atom. The number of aromatic nitrogens is 2. The van der Waals surface area contributed by atoms with Gasteiger partial charge >= 0.3 is 5.69 Å². The Morgan fingerprint density at radius 2 is 1.96 bits per heavy atom. The first kappa shape index (κ1) is 19.6. The van der Waals surface area contributed by atoms with Gasteiger partial charge in [-0.15, -0.1) is 0 Å². The van der Waals surface area contributed by atoms with Crippen LogP contribution in [0.25, 0.3) is 11.6 Å². The van der Waals surface area contributed by atoms with E-state index in [2.05, 4.69) is 17.2 Å². The predicted molar refractivity (Wildman–Crippen MR) is 111 cm³/mol. The summed E-state index contributed by atoms with van der Waals surface area (Å²) < 4.78 is 1.47. The minimum Gasteiger partial charge on any atom is -0.355 e. The van der Waals surface area contributed by atoms with Gasteiger partial charge in [-0.1, -0.05) is 36.5 Å². The molecule has 0 fully saturated rings. The van der Waals surface area contributed by atoms with E-state index in [0.29, 0.717) is 34.6 Å². The molecule has 0 saturated carbocycles. The lowest BCUT2D eigenvalue weighted by molar-refractivity contribution is -0.121. The predicted octanol–water partition coefficient (Wildman–Crippen LogP) is 3.39. The quantitative estimate of drug-likeness (QED) is 0.719. The monoisotopic (exact) mass is 408 g/mol. The number of nitrogens with one attached hydrogen (secondary N) is 2. The van der Waals surface area contributed by atoms with Crippen molar-refractivity contribution in [3.63, 3.8) is 0 Å². The summed E-state index contributed by atoms with van der Waals surface area (Å²) in [5, 5.41) is 3.96. The van der Waals surface area contributed by atoms with Crippen LogP contribution in [0, 0.1) is 0 Å². The van der Waals surface area contributed by atoms with Crippen LogP contribution in [0.4, 0.5) is 5.82 Å². The second kappa shape index (κ2) is 8.23. The number of unbranched alkanes of at least 4 members (excludes halogenated alkanes) is 1. The van der Waals surface area contributed by atoms with Gasteiger partial charge in [0.1, 0.15) is 12.4 Å². The van der Waals surface area contributed by atoms with Crippen molar-refractivity contribution in [1.82, 2.24) is 14.9 Å². The van der Waals surface area contributed by atoms with Gasteiger partial charge in [0.25, 0.3) is 0 Å². The van der Waals surface area contributed by atoms with Crippen LogP contribution in [0.1, 0.15) is 31.0 Å². The molecule has 0 bridgehead atoms. The minimum atomic E-state index is -0.306. The number of carbonyl (C=O) groups excluding carboxylic acids is 1. The lowest BCUT2D eigenvalue weighted by atomic mass is 10.0. The number of hydrogen-bond donors (Lipinski definition) is 2. The Bertz CT molecular complexity index is 925. The van der Waals surface area contributed by atoms with E-state index in [0.717, 1.165) is 24.0 Å². The molecule has 0 unspecified atom stereocenters. The van der Waals surface area contributed by atoms with Gasteiger partial charge in [-0.05, 0) is 41.8 Å². The summed E-state index contributed by atoms with van der Waals surface area (Å²) in [5.41, 5.74) is 2.24. The van der Waals surface area contributed by atoms with Crippen molar-refractivity contribution in [3.05, 3.63) is 50.0 Å². The minimum absolute atomic E-state index is 0.00904. The van der Waals surface area contributed by atoms with Crippen LogP contribution in [0.3, 0.4) is 0 Å². The highest BCUT2D eigenvalue weighted by molar-refractivity contribution is 6.35. The average molecular weight is 409 g/mol. The molecule has 27 heavy (non-hydrogen) atoms. The van der Waals surface area contributed by atoms with Crippen LogP contribution in [-0.2, 0) is 11.3 Å².